The Morgan fingerprint density at radius 2 is 1.58 bits per heavy atom. The lowest BCUT2D eigenvalue weighted by molar-refractivity contribution is 0.0521. The van der Waals surface area contributed by atoms with Crippen LogP contribution in [0.4, 0.5) is 10.5 Å². The van der Waals surface area contributed by atoms with Crippen LogP contribution in [0.3, 0.4) is 0 Å². The standard InChI is InChI=1S/C20H26N2O2/c1-3-20(21,4-2)18(15-16-11-7-5-8-12-16)24-19(23)22-17-13-9-6-10-14-17/h5-14,18H,3-4,15,21H2,1-2H3,(H,22,23). The summed E-state index contributed by atoms with van der Waals surface area (Å²) in [5, 5.41) is 2.76. The van der Waals surface area contributed by atoms with Crippen molar-refractivity contribution >= 4 is 11.8 Å². The van der Waals surface area contributed by atoms with Crippen LogP contribution in [0.15, 0.2) is 60.7 Å². The molecule has 24 heavy (non-hydrogen) atoms. The summed E-state index contributed by atoms with van der Waals surface area (Å²) in [7, 11) is 0. The Labute approximate surface area is 144 Å². The van der Waals surface area contributed by atoms with Gasteiger partial charge in [-0.3, -0.25) is 5.32 Å². The molecule has 0 aromatic heterocycles. The number of benzene rings is 2. The topological polar surface area (TPSA) is 64.3 Å². The van der Waals surface area contributed by atoms with Gasteiger partial charge in [0.1, 0.15) is 6.10 Å². The van der Waals surface area contributed by atoms with Crippen LogP contribution in [0.5, 0.6) is 0 Å². The third kappa shape index (κ3) is 4.83. The fraction of sp³-hybridized carbons (Fsp3) is 0.350. The highest BCUT2D eigenvalue weighted by Gasteiger charge is 2.35. The molecule has 0 spiro atoms. The number of carbonyl (C=O) groups excluding carboxylic acids is 1. The maximum atomic E-state index is 12.3. The Hall–Kier alpha value is -2.33. The van der Waals surface area contributed by atoms with E-state index in [2.05, 4.69) is 5.32 Å². The van der Waals surface area contributed by atoms with Crippen LogP contribution < -0.4 is 11.1 Å². The van der Waals surface area contributed by atoms with Crippen molar-refractivity contribution in [3.05, 3.63) is 66.2 Å². The Balaban J connectivity index is 2.11. The molecule has 0 saturated heterocycles. The minimum atomic E-state index is -0.552. The van der Waals surface area contributed by atoms with E-state index in [0.29, 0.717) is 12.1 Å². The largest absolute Gasteiger partial charge is 0.444 e. The number of ether oxygens (including phenoxy) is 1. The number of carbonyl (C=O) groups is 1. The van der Waals surface area contributed by atoms with Gasteiger partial charge in [-0.25, -0.2) is 4.79 Å². The van der Waals surface area contributed by atoms with Gasteiger partial charge in [-0.05, 0) is 30.5 Å². The van der Waals surface area contributed by atoms with Crippen LogP contribution in [0.1, 0.15) is 32.3 Å². The van der Waals surface area contributed by atoms with Gasteiger partial charge >= 0.3 is 6.09 Å². The van der Waals surface area contributed by atoms with Gasteiger partial charge < -0.3 is 10.5 Å². The SMILES string of the molecule is CCC(N)(CC)C(Cc1ccccc1)OC(=O)Nc1ccccc1. The van der Waals surface area contributed by atoms with Crippen molar-refractivity contribution in [3.63, 3.8) is 0 Å². The van der Waals surface area contributed by atoms with Crippen LogP contribution in [-0.2, 0) is 11.2 Å². The molecule has 0 aliphatic heterocycles. The molecule has 1 unspecified atom stereocenters. The predicted octanol–water partition coefficient (Wildman–Crippen LogP) is 4.36. The molecule has 0 aliphatic rings. The summed E-state index contributed by atoms with van der Waals surface area (Å²) < 4.78 is 5.73. The van der Waals surface area contributed by atoms with Crippen molar-refractivity contribution in [1.29, 1.82) is 0 Å². The molecule has 0 bridgehead atoms. The van der Waals surface area contributed by atoms with Crippen molar-refractivity contribution in [2.45, 2.75) is 44.8 Å². The smallest absolute Gasteiger partial charge is 0.411 e. The van der Waals surface area contributed by atoms with Crippen molar-refractivity contribution in [2.75, 3.05) is 5.32 Å². The Bertz CT molecular complexity index is 625. The van der Waals surface area contributed by atoms with E-state index >= 15 is 0 Å². The Morgan fingerprint density at radius 1 is 1.04 bits per heavy atom. The quantitative estimate of drug-likeness (QED) is 0.794. The number of nitrogens with one attached hydrogen (secondary N) is 1. The summed E-state index contributed by atoms with van der Waals surface area (Å²) in [6, 6.07) is 19.2. The second kappa shape index (κ2) is 8.50. The van der Waals surface area contributed by atoms with E-state index in [1.807, 2.05) is 74.5 Å². The van der Waals surface area contributed by atoms with Gasteiger partial charge in [-0.15, -0.1) is 0 Å². The van der Waals surface area contributed by atoms with Crippen molar-refractivity contribution < 1.29 is 9.53 Å². The van der Waals surface area contributed by atoms with Crippen LogP contribution >= 0.6 is 0 Å². The summed E-state index contributed by atoms with van der Waals surface area (Å²) >= 11 is 0. The molecule has 0 aliphatic carbocycles. The minimum Gasteiger partial charge on any atom is -0.444 e. The lowest BCUT2D eigenvalue weighted by atomic mass is 9.84. The van der Waals surface area contributed by atoms with Gasteiger partial charge in [0.25, 0.3) is 0 Å². The van der Waals surface area contributed by atoms with Crippen LogP contribution in [-0.4, -0.2) is 17.7 Å². The van der Waals surface area contributed by atoms with Gasteiger partial charge in [0.15, 0.2) is 0 Å². The third-order valence-corrected chi connectivity index (χ3v) is 4.49. The molecule has 0 heterocycles. The summed E-state index contributed by atoms with van der Waals surface area (Å²) in [4.78, 5) is 12.3. The molecule has 1 atom stereocenters. The van der Waals surface area contributed by atoms with Gasteiger partial charge in [0, 0.05) is 12.1 Å². The maximum Gasteiger partial charge on any atom is 0.411 e. The van der Waals surface area contributed by atoms with Gasteiger partial charge in [0.2, 0.25) is 0 Å². The number of nitrogens with two attached hydrogens (primary N) is 1. The van der Waals surface area contributed by atoms with Crippen molar-refractivity contribution in [2.24, 2.45) is 5.73 Å². The highest BCUT2D eigenvalue weighted by molar-refractivity contribution is 5.84. The fourth-order valence-electron chi connectivity index (χ4n) is 2.69. The van der Waals surface area contributed by atoms with E-state index in [-0.39, 0.29) is 0 Å². The summed E-state index contributed by atoms with van der Waals surface area (Å²) in [5.74, 6) is 0. The van der Waals surface area contributed by atoms with E-state index in [4.69, 9.17) is 10.5 Å². The molecule has 0 radical (unpaired) electrons. The molecule has 4 heteroatoms. The van der Waals surface area contributed by atoms with E-state index in [9.17, 15) is 4.79 Å². The molecule has 2 aromatic carbocycles. The molecule has 1 amide bonds. The van der Waals surface area contributed by atoms with E-state index in [1.54, 1.807) is 0 Å². The average molecular weight is 326 g/mol. The number of anilines is 1. The van der Waals surface area contributed by atoms with E-state index in [0.717, 1.165) is 18.4 Å². The molecule has 128 valence electrons. The summed E-state index contributed by atoms with van der Waals surface area (Å²) in [6.45, 7) is 4.06. The lowest BCUT2D eigenvalue weighted by Crippen LogP contribution is -2.53. The second-order valence-corrected chi connectivity index (χ2v) is 6.01. The number of amides is 1. The second-order valence-electron chi connectivity index (χ2n) is 6.01. The first-order valence-electron chi connectivity index (χ1n) is 8.43. The third-order valence-electron chi connectivity index (χ3n) is 4.49. The molecule has 4 nitrogen and oxygen atoms in total. The maximum absolute atomic E-state index is 12.3. The molecular weight excluding hydrogens is 300 g/mol. The molecule has 0 saturated carbocycles. The zero-order valence-corrected chi connectivity index (χ0v) is 14.4. The average Bonchev–Trinajstić information content (AvgIpc) is 2.62. The van der Waals surface area contributed by atoms with Crippen molar-refractivity contribution in [1.82, 2.24) is 0 Å². The Morgan fingerprint density at radius 3 is 2.12 bits per heavy atom. The zero-order valence-electron chi connectivity index (χ0n) is 14.4. The number of rotatable bonds is 7. The first kappa shape index (κ1) is 18.0. The van der Waals surface area contributed by atoms with Gasteiger partial charge in [-0.1, -0.05) is 62.4 Å². The molecule has 0 fully saturated rings. The number of para-hydroxylation sites is 1. The molecule has 2 rings (SSSR count). The summed E-state index contributed by atoms with van der Waals surface area (Å²) in [5.41, 5.74) is 7.78. The van der Waals surface area contributed by atoms with E-state index < -0.39 is 17.7 Å². The lowest BCUT2D eigenvalue weighted by Gasteiger charge is -2.35. The number of hydrogen-bond acceptors (Lipinski definition) is 3. The van der Waals surface area contributed by atoms with Gasteiger partial charge in [-0.2, -0.15) is 0 Å². The van der Waals surface area contributed by atoms with Crippen LogP contribution in [0.2, 0.25) is 0 Å². The summed E-state index contributed by atoms with van der Waals surface area (Å²) in [6.07, 6.45) is 1.21. The highest BCUT2D eigenvalue weighted by Crippen LogP contribution is 2.23. The first-order valence-corrected chi connectivity index (χ1v) is 8.43. The Kier molecular flexibility index (Phi) is 6.38. The molecule has 2 aromatic rings. The zero-order chi connectivity index (χ0) is 17.4. The van der Waals surface area contributed by atoms with Crippen molar-refractivity contribution in [3.8, 4) is 0 Å². The first-order chi connectivity index (χ1) is 11.6. The minimum absolute atomic E-state index is 0.390. The normalized spacial score (nSPS) is 12.5. The molecule has 3 N–H and O–H groups in total. The predicted molar refractivity (Wildman–Crippen MR) is 98.0 cm³/mol. The van der Waals surface area contributed by atoms with Crippen LogP contribution in [0, 0.1) is 0 Å². The molecular formula is C20H26N2O2. The van der Waals surface area contributed by atoms with Crippen LogP contribution in [0.25, 0.3) is 0 Å². The van der Waals surface area contributed by atoms with E-state index in [1.165, 1.54) is 0 Å². The number of hydrogen-bond donors (Lipinski definition) is 2. The van der Waals surface area contributed by atoms with Gasteiger partial charge in [0.05, 0.1) is 5.54 Å². The monoisotopic (exact) mass is 326 g/mol. The highest BCUT2D eigenvalue weighted by atomic mass is 16.6. The fourth-order valence-corrected chi connectivity index (χ4v) is 2.69.